The highest BCUT2D eigenvalue weighted by molar-refractivity contribution is 6.37. The second-order valence-corrected chi connectivity index (χ2v) is 4.80. The number of carbonyl (C=O) groups is 1. The number of aromatic nitrogens is 2. The van der Waals surface area contributed by atoms with Gasteiger partial charge in [-0.25, -0.2) is 4.39 Å². The van der Waals surface area contributed by atoms with Gasteiger partial charge in [0, 0.05) is 7.11 Å². The van der Waals surface area contributed by atoms with Crippen LogP contribution in [0.1, 0.15) is 16.1 Å². The van der Waals surface area contributed by atoms with Crippen molar-refractivity contribution in [3.05, 3.63) is 51.5 Å². The molecule has 0 saturated carbocycles. The van der Waals surface area contributed by atoms with Gasteiger partial charge in [0.2, 0.25) is 5.78 Å². The second kappa shape index (κ2) is 6.35. The molecule has 2 rings (SSSR count). The largest absolute Gasteiger partial charge is 0.383 e. The zero-order valence-corrected chi connectivity index (χ0v) is 12.1. The Balaban J connectivity index is 2.46. The highest BCUT2D eigenvalue weighted by Gasteiger charge is 2.24. The molecular weight excluding hydrogens is 306 g/mol. The van der Waals surface area contributed by atoms with E-state index in [1.165, 1.54) is 36.2 Å². The van der Waals surface area contributed by atoms with Gasteiger partial charge in [0.25, 0.3) is 0 Å². The van der Waals surface area contributed by atoms with Gasteiger partial charge in [-0.1, -0.05) is 29.3 Å². The molecule has 106 valence electrons. The van der Waals surface area contributed by atoms with E-state index in [2.05, 4.69) is 5.10 Å². The quantitative estimate of drug-likeness (QED) is 0.796. The summed E-state index contributed by atoms with van der Waals surface area (Å²) in [7, 11) is 1.53. The van der Waals surface area contributed by atoms with Crippen LogP contribution in [-0.2, 0) is 11.3 Å². The Kier molecular flexibility index (Phi) is 4.75. The van der Waals surface area contributed by atoms with Crippen LogP contribution in [0.5, 0.6) is 0 Å². The van der Waals surface area contributed by atoms with Gasteiger partial charge >= 0.3 is 0 Å². The lowest BCUT2D eigenvalue weighted by Gasteiger charge is -2.08. The smallest absolute Gasteiger partial charge is 0.217 e. The third kappa shape index (κ3) is 2.85. The number of hydrogen-bond donors (Lipinski definition) is 0. The number of benzene rings is 1. The summed E-state index contributed by atoms with van der Waals surface area (Å²) in [6, 6.07) is 4.04. The van der Waals surface area contributed by atoms with Crippen LogP contribution < -0.4 is 0 Å². The highest BCUT2D eigenvalue weighted by atomic mass is 35.5. The number of methoxy groups -OCH3 is 1. The Morgan fingerprint density at radius 2 is 2.15 bits per heavy atom. The van der Waals surface area contributed by atoms with Crippen molar-refractivity contribution in [1.29, 1.82) is 0 Å². The van der Waals surface area contributed by atoms with Crippen LogP contribution in [0, 0.1) is 5.82 Å². The molecule has 1 aromatic carbocycles. The minimum absolute atomic E-state index is 0.0329. The Morgan fingerprint density at radius 3 is 2.80 bits per heavy atom. The van der Waals surface area contributed by atoms with Crippen LogP contribution in [0.4, 0.5) is 4.39 Å². The Labute approximate surface area is 125 Å². The first-order valence-corrected chi connectivity index (χ1v) is 6.50. The fourth-order valence-corrected chi connectivity index (χ4v) is 2.24. The lowest BCUT2D eigenvalue weighted by Crippen LogP contribution is -2.16. The SMILES string of the molecule is COCCn1ncc(Cl)c1C(=O)c1c(F)cccc1Cl. The molecule has 0 N–H and O–H groups in total. The highest BCUT2D eigenvalue weighted by Crippen LogP contribution is 2.25. The van der Waals surface area contributed by atoms with Crippen LogP contribution in [0.2, 0.25) is 10.0 Å². The minimum atomic E-state index is -0.696. The first-order valence-electron chi connectivity index (χ1n) is 5.75. The molecule has 0 aliphatic carbocycles. The van der Waals surface area contributed by atoms with E-state index in [4.69, 9.17) is 27.9 Å². The van der Waals surface area contributed by atoms with E-state index < -0.39 is 11.6 Å². The van der Waals surface area contributed by atoms with Crippen molar-refractivity contribution in [2.75, 3.05) is 13.7 Å². The summed E-state index contributed by atoms with van der Waals surface area (Å²) in [5.74, 6) is -1.30. The van der Waals surface area contributed by atoms with Crippen molar-refractivity contribution in [3.8, 4) is 0 Å². The molecule has 20 heavy (non-hydrogen) atoms. The molecule has 0 amide bonds. The molecule has 0 saturated heterocycles. The van der Waals surface area contributed by atoms with Gasteiger partial charge in [-0.05, 0) is 12.1 Å². The number of nitrogens with zero attached hydrogens (tertiary/aromatic N) is 2. The summed E-state index contributed by atoms with van der Waals surface area (Å²) in [6.07, 6.45) is 1.33. The number of ketones is 1. The predicted octanol–water partition coefficient (Wildman–Crippen LogP) is 3.21. The van der Waals surface area contributed by atoms with E-state index >= 15 is 0 Å². The maximum Gasteiger partial charge on any atom is 0.217 e. The van der Waals surface area contributed by atoms with Crippen molar-refractivity contribution in [2.45, 2.75) is 6.54 Å². The standard InChI is InChI=1S/C13H11Cl2FN2O2/c1-20-6-5-18-12(9(15)7-17-18)13(19)11-8(14)3-2-4-10(11)16/h2-4,7H,5-6H2,1H3. The zero-order valence-electron chi connectivity index (χ0n) is 10.6. The van der Waals surface area contributed by atoms with E-state index in [-0.39, 0.29) is 21.3 Å². The lowest BCUT2D eigenvalue weighted by molar-refractivity contribution is 0.102. The number of ether oxygens (including phenoxy) is 1. The summed E-state index contributed by atoms with van der Waals surface area (Å²) in [6.45, 7) is 0.680. The average molecular weight is 317 g/mol. The van der Waals surface area contributed by atoms with Crippen molar-refractivity contribution in [3.63, 3.8) is 0 Å². The lowest BCUT2D eigenvalue weighted by atomic mass is 10.1. The van der Waals surface area contributed by atoms with Gasteiger partial charge in [0.1, 0.15) is 11.5 Å². The summed E-state index contributed by atoms with van der Waals surface area (Å²) >= 11 is 11.9. The van der Waals surface area contributed by atoms with Gasteiger partial charge in [0.15, 0.2) is 0 Å². The number of hydrogen-bond acceptors (Lipinski definition) is 3. The molecule has 0 unspecified atom stereocenters. The van der Waals surface area contributed by atoms with Gasteiger partial charge in [-0.2, -0.15) is 5.10 Å². The molecule has 1 aromatic heterocycles. The zero-order chi connectivity index (χ0) is 14.7. The molecule has 0 bridgehead atoms. The molecule has 2 aromatic rings. The van der Waals surface area contributed by atoms with Gasteiger partial charge in [0.05, 0.1) is 35.0 Å². The first kappa shape index (κ1) is 15.0. The maximum absolute atomic E-state index is 13.8. The third-order valence-corrected chi connectivity index (χ3v) is 3.30. The number of carbonyl (C=O) groups excluding carboxylic acids is 1. The molecule has 0 aliphatic heterocycles. The number of rotatable bonds is 5. The Hall–Kier alpha value is -1.43. The van der Waals surface area contributed by atoms with E-state index in [0.29, 0.717) is 13.2 Å². The van der Waals surface area contributed by atoms with Gasteiger partial charge in [-0.15, -0.1) is 0 Å². The second-order valence-electron chi connectivity index (χ2n) is 3.98. The van der Waals surface area contributed by atoms with Crippen molar-refractivity contribution in [1.82, 2.24) is 9.78 Å². The first-order chi connectivity index (χ1) is 9.56. The molecule has 7 heteroatoms. The topological polar surface area (TPSA) is 44.1 Å². The maximum atomic E-state index is 13.8. The van der Waals surface area contributed by atoms with E-state index in [1.54, 1.807) is 0 Å². The van der Waals surface area contributed by atoms with Gasteiger partial charge in [-0.3, -0.25) is 9.48 Å². The molecule has 1 heterocycles. The fourth-order valence-electron chi connectivity index (χ4n) is 1.77. The summed E-state index contributed by atoms with van der Waals surface area (Å²) in [5.41, 5.74) is -0.119. The molecular formula is C13H11Cl2FN2O2. The van der Waals surface area contributed by atoms with Crippen LogP contribution in [-0.4, -0.2) is 29.3 Å². The van der Waals surface area contributed by atoms with Crippen molar-refractivity contribution in [2.24, 2.45) is 0 Å². The summed E-state index contributed by atoms with van der Waals surface area (Å²) in [4.78, 5) is 12.4. The van der Waals surface area contributed by atoms with E-state index in [0.717, 1.165) is 0 Å². The van der Waals surface area contributed by atoms with Gasteiger partial charge < -0.3 is 4.74 Å². The molecule has 0 spiro atoms. The molecule has 0 fully saturated rings. The third-order valence-electron chi connectivity index (χ3n) is 2.71. The molecule has 4 nitrogen and oxygen atoms in total. The summed E-state index contributed by atoms with van der Waals surface area (Å²) in [5, 5.41) is 4.15. The minimum Gasteiger partial charge on any atom is -0.383 e. The van der Waals surface area contributed by atoms with Crippen LogP contribution in [0.25, 0.3) is 0 Å². The normalized spacial score (nSPS) is 10.8. The van der Waals surface area contributed by atoms with Crippen LogP contribution in [0.15, 0.2) is 24.4 Å². The van der Waals surface area contributed by atoms with E-state index in [1.807, 2.05) is 0 Å². The molecule has 0 radical (unpaired) electrons. The Bertz CT molecular complexity index is 623. The van der Waals surface area contributed by atoms with E-state index in [9.17, 15) is 9.18 Å². The summed E-state index contributed by atoms with van der Waals surface area (Å²) < 4.78 is 20.1. The molecule has 0 atom stereocenters. The van der Waals surface area contributed by atoms with Crippen molar-refractivity contribution < 1.29 is 13.9 Å². The van der Waals surface area contributed by atoms with Crippen molar-refractivity contribution >= 4 is 29.0 Å². The monoisotopic (exact) mass is 316 g/mol. The Morgan fingerprint density at radius 1 is 1.40 bits per heavy atom. The molecule has 0 aliphatic rings. The van der Waals surface area contributed by atoms with Crippen LogP contribution >= 0.6 is 23.2 Å². The average Bonchev–Trinajstić information content (AvgIpc) is 2.77. The number of halogens is 3. The fraction of sp³-hybridized carbons (Fsp3) is 0.231. The van der Waals surface area contributed by atoms with Crippen LogP contribution in [0.3, 0.4) is 0 Å². The predicted molar refractivity (Wildman–Crippen MR) is 74.0 cm³/mol.